The highest BCUT2D eigenvalue weighted by molar-refractivity contribution is 6.11. The molecule has 134 valence electrons. The van der Waals surface area contributed by atoms with Crippen LogP contribution in [-0.2, 0) is 19.1 Å². The molecule has 7 N–H and O–H groups in total. The van der Waals surface area contributed by atoms with Gasteiger partial charge in [0.2, 0.25) is 0 Å². The third-order valence-corrected chi connectivity index (χ3v) is 2.75. The van der Waals surface area contributed by atoms with Crippen LogP contribution in [0.4, 0.5) is 0 Å². The minimum absolute atomic E-state index is 0.125. The summed E-state index contributed by atoms with van der Waals surface area (Å²) in [4.78, 5) is 31.1. The lowest BCUT2D eigenvalue weighted by molar-refractivity contribution is -0.151. The van der Waals surface area contributed by atoms with Gasteiger partial charge in [0.15, 0.2) is 0 Å². The molecule has 0 aromatic heterocycles. The van der Waals surface area contributed by atoms with Crippen LogP contribution in [-0.4, -0.2) is 59.0 Å². The SMILES string of the molecule is CC1=C(C)C(=O)OC1=O.NCCCCC(N)C(=O)O.OCCO. The summed E-state index contributed by atoms with van der Waals surface area (Å²) >= 11 is 0. The largest absolute Gasteiger partial charge is 0.480 e. The number of esters is 2. The van der Waals surface area contributed by atoms with E-state index < -0.39 is 23.9 Å². The van der Waals surface area contributed by atoms with E-state index in [9.17, 15) is 14.4 Å². The number of carbonyl (C=O) groups excluding carboxylic acids is 2. The Morgan fingerprint density at radius 2 is 1.52 bits per heavy atom. The van der Waals surface area contributed by atoms with Crippen LogP contribution in [0.2, 0.25) is 0 Å². The molecule has 1 aliphatic rings. The maximum atomic E-state index is 10.5. The fourth-order valence-electron chi connectivity index (χ4n) is 1.18. The standard InChI is InChI=1S/C6H14N2O2.C6H6O3.C2H6O2/c7-4-2-1-3-5(8)6(9)10;1-3-4(2)6(8)9-5(3)7;3-1-2-4/h5H,1-4,7-8H2,(H,9,10);1-2H3;3-4H,1-2H2. The molecule has 0 spiro atoms. The van der Waals surface area contributed by atoms with Crippen LogP contribution in [0.15, 0.2) is 11.1 Å². The van der Waals surface area contributed by atoms with E-state index >= 15 is 0 Å². The van der Waals surface area contributed by atoms with Gasteiger partial charge in [0, 0.05) is 11.1 Å². The molecule has 23 heavy (non-hydrogen) atoms. The summed E-state index contributed by atoms with van der Waals surface area (Å²) in [5.41, 5.74) is 11.3. The maximum Gasteiger partial charge on any atom is 0.342 e. The Morgan fingerprint density at radius 3 is 1.74 bits per heavy atom. The van der Waals surface area contributed by atoms with Crippen LogP contribution in [0.3, 0.4) is 0 Å². The van der Waals surface area contributed by atoms with Crippen molar-refractivity contribution in [3.8, 4) is 0 Å². The number of rotatable bonds is 6. The summed E-state index contributed by atoms with van der Waals surface area (Å²) in [6.07, 6.45) is 2.16. The minimum atomic E-state index is -0.933. The predicted molar refractivity (Wildman–Crippen MR) is 82.2 cm³/mol. The lowest BCUT2D eigenvalue weighted by Gasteiger charge is -2.03. The van der Waals surface area contributed by atoms with Crippen molar-refractivity contribution in [2.24, 2.45) is 11.5 Å². The molecule has 1 rings (SSSR count). The number of cyclic esters (lactones) is 2. The monoisotopic (exact) mass is 334 g/mol. The van der Waals surface area contributed by atoms with Gasteiger partial charge in [0.05, 0.1) is 13.2 Å². The highest BCUT2D eigenvalue weighted by Gasteiger charge is 2.25. The number of unbranched alkanes of at least 4 members (excludes halogenated alkanes) is 1. The van der Waals surface area contributed by atoms with E-state index in [1.165, 1.54) is 0 Å². The summed E-state index contributed by atoms with van der Waals surface area (Å²) < 4.78 is 4.23. The van der Waals surface area contributed by atoms with Gasteiger partial charge in [-0.15, -0.1) is 0 Å². The van der Waals surface area contributed by atoms with Gasteiger partial charge < -0.3 is 31.5 Å². The number of aliphatic hydroxyl groups excluding tert-OH is 2. The topological polar surface area (TPSA) is 173 Å². The molecule has 0 radical (unpaired) electrons. The maximum absolute atomic E-state index is 10.5. The average Bonchev–Trinajstić information content (AvgIpc) is 2.74. The Labute approximate surface area is 134 Å². The Balaban J connectivity index is 0. The molecule has 0 bridgehead atoms. The molecule has 9 heteroatoms. The zero-order chi connectivity index (χ0) is 18.4. The second kappa shape index (κ2) is 13.8. The van der Waals surface area contributed by atoms with Crippen LogP contribution in [0.1, 0.15) is 33.1 Å². The van der Waals surface area contributed by atoms with Crippen molar-refractivity contribution in [2.45, 2.75) is 39.2 Å². The lowest BCUT2D eigenvalue weighted by Crippen LogP contribution is -2.29. The number of hydrogen-bond acceptors (Lipinski definition) is 8. The molecule has 0 aliphatic carbocycles. The predicted octanol–water partition coefficient (Wildman–Crippen LogP) is -1.10. The lowest BCUT2D eigenvalue weighted by atomic mass is 10.1. The van der Waals surface area contributed by atoms with Gasteiger partial charge in [-0.3, -0.25) is 4.79 Å². The summed E-state index contributed by atoms with van der Waals surface area (Å²) in [5.74, 6) is -1.97. The number of aliphatic hydroxyl groups is 2. The Morgan fingerprint density at radius 1 is 1.09 bits per heavy atom. The highest BCUT2D eigenvalue weighted by Crippen LogP contribution is 2.14. The van der Waals surface area contributed by atoms with Crippen molar-refractivity contribution in [1.29, 1.82) is 0 Å². The van der Waals surface area contributed by atoms with Crippen molar-refractivity contribution in [3.63, 3.8) is 0 Å². The van der Waals surface area contributed by atoms with Crippen LogP contribution in [0.5, 0.6) is 0 Å². The summed E-state index contributed by atoms with van der Waals surface area (Å²) in [5, 5.41) is 23.6. The van der Waals surface area contributed by atoms with E-state index in [1.807, 2.05) is 0 Å². The molecule has 0 saturated carbocycles. The van der Waals surface area contributed by atoms with Crippen LogP contribution in [0.25, 0.3) is 0 Å². The molecule has 0 amide bonds. The number of ether oxygens (including phenoxy) is 1. The first-order valence-corrected chi connectivity index (χ1v) is 7.07. The average molecular weight is 334 g/mol. The second-order valence-electron chi connectivity index (χ2n) is 4.60. The summed E-state index contributed by atoms with van der Waals surface area (Å²) in [7, 11) is 0. The number of aliphatic carboxylic acids is 1. The van der Waals surface area contributed by atoms with Gasteiger partial charge in [-0.1, -0.05) is 6.42 Å². The van der Waals surface area contributed by atoms with E-state index in [0.717, 1.165) is 12.8 Å². The summed E-state index contributed by atoms with van der Waals surface area (Å²) in [6, 6.07) is -0.716. The molecule has 0 fully saturated rings. The Bertz CT molecular complexity index is 397. The van der Waals surface area contributed by atoms with E-state index in [1.54, 1.807) is 13.8 Å². The van der Waals surface area contributed by atoms with E-state index in [4.69, 9.17) is 26.8 Å². The smallest absolute Gasteiger partial charge is 0.342 e. The number of hydrogen-bond donors (Lipinski definition) is 5. The van der Waals surface area contributed by atoms with Crippen molar-refractivity contribution >= 4 is 17.9 Å². The van der Waals surface area contributed by atoms with Crippen molar-refractivity contribution in [1.82, 2.24) is 0 Å². The van der Waals surface area contributed by atoms with Crippen LogP contribution >= 0.6 is 0 Å². The first kappa shape index (κ1) is 23.5. The Hall–Kier alpha value is -1.81. The molecule has 9 nitrogen and oxygen atoms in total. The molecule has 1 unspecified atom stereocenters. The zero-order valence-corrected chi connectivity index (χ0v) is 13.4. The van der Waals surface area contributed by atoms with Crippen LogP contribution in [0, 0.1) is 0 Å². The third kappa shape index (κ3) is 11.4. The highest BCUT2D eigenvalue weighted by atomic mass is 16.6. The van der Waals surface area contributed by atoms with E-state index in [-0.39, 0.29) is 13.2 Å². The first-order chi connectivity index (χ1) is 10.7. The number of carboxylic acids is 1. The molecule has 0 aromatic rings. The van der Waals surface area contributed by atoms with Gasteiger partial charge in [-0.2, -0.15) is 0 Å². The Kier molecular flexibility index (Phi) is 14.1. The molecule has 1 atom stereocenters. The van der Waals surface area contributed by atoms with Gasteiger partial charge in [0.25, 0.3) is 0 Å². The van der Waals surface area contributed by atoms with E-state index in [0.29, 0.717) is 24.1 Å². The number of nitrogens with two attached hydrogens (primary N) is 2. The van der Waals surface area contributed by atoms with Crippen LogP contribution < -0.4 is 11.5 Å². The second-order valence-corrected chi connectivity index (χ2v) is 4.60. The van der Waals surface area contributed by atoms with Gasteiger partial charge in [0.1, 0.15) is 6.04 Å². The molecule has 1 aliphatic heterocycles. The fraction of sp³-hybridized carbons (Fsp3) is 0.643. The van der Waals surface area contributed by atoms with Gasteiger partial charge in [-0.05, 0) is 33.2 Å². The van der Waals surface area contributed by atoms with Crippen molar-refractivity contribution in [2.75, 3.05) is 19.8 Å². The van der Waals surface area contributed by atoms with Gasteiger partial charge in [-0.25, -0.2) is 9.59 Å². The quantitative estimate of drug-likeness (QED) is 0.229. The summed E-state index contributed by atoms with van der Waals surface area (Å²) in [6.45, 7) is 3.50. The van der Waals surface area contributed by atoms with E-state index in [2.05, 4.69) is 4.74 Å². The third-order valence-electron chi connectivity index (χ3n) is 2.75. The number of carbonyl (C=O) groups is 3. The first-order valence-electron chi connectivity index (χ1n) is 7.07. The molecular formula is C14H26N2O7. The molecular weight excluding hydrogens is 308 g/mol. The molecule has 0 saturated heterocycles. The number of carboxylic acid groups (broad SMARTS) is 1. The molecule has 1 heterocycles. The van der Waals surface area contributed by atoms with Gasteiger partial charge >= 0.3 is 17.9 Å². The fourth-order valence-corrected chi connectivity index (χ4v) is 1.18. The normalized spacial score (nSPS) is 14.3. The molecule has 0 aromatic carbocycles. The zero-order valence-electron chi connectivity index (χ0n) is 13.4. The van der Waals surface area contributed by atoms with Crippen molar-refractivity contribution in [3.05, 3.63) is 11.1 Å². The van der Waals surface area contributed by atoms with Crippen molar-refractivity contribution < 1.29 is 34.4 Å². The minimum Gasteiger partial charge on any atom is -0.480 e.